The highest BCUT2D eigenvalue weighted by molar-refractivity contribution is 5.84. The van der Waals surface area contributed by atoms with Crippen molar-refractivity contribution >= 4 is 5.97 Å². The molecule has 1 saturated heterocycles. The fourth-order valence-electron chi connectivity index (χ4n) is 1.60. The number of hydrogen-bond acceptors (Lipinski definition) is 3. The standard InChI is InChI=1S/C13H16O3/c1-2-3-9-13(10-15-13)12(14)16-11-7-5-4-6-8-11/h4-8H,2-3,9-10H2,1H3. The average Bonchev–Trinajstić information content (AvgIpc) is 3.09. The van der Waals surface area contributed by atoms with E-state index in [1.165, 1.54) is 0 Å². The highest BCUT2D eigenvalue weighted by Gasteiger charge is 2.53. The van der Waals surface area contributed by atoms with Crippen molar-refractivity contribution in [3.05, 3.63) is 30.3 Å². The number of para-hydroxylation sites is 1. The summed E-state index contributed by atoms with van der Waals surface area (Å²) in [5.41, 5.74) is -0.647. The second-order valence-electron chi connectivity index (χ2n) is 4.09. The number of epoxide rings is 1. The molecule has 0 amide bonds. The molecule has 0 aliphatic carbocycles. The molecule has 1 aromatic rings. The van der Waals surface area contributed by atoms with E-state index >= 15 is 0 Å². The van der Waals surface area contributed by atoms with Crippen molar-refractivity contribution in [3.63, 3.8) is 0 Å². The highest BCUT2D eigenvalue weighted by Crippen LogP contribution is 2.34. The Morgan fingerprint density at radius 1 is 1.44 bits per heavy atom. The topological polar surface area (TPSA) is 38.8 Å². The summed E-state index contributed by atoms with van der Waals surface area (Å²) in [6, 6.07) is 9.11. The molecule has 1 atom stereocenters. The van der Waals surface area contributed by atoms with Crippen LogP contribution in [0.2, 0.25) is 0 Å². The number of esters is 1. The average molecular weight is 220 g/mol. The lowest BCUT2D eigenvalue weighted by Crippen LogP contribution is -2.29. The van der Waals surface area contributed by atoms with E-state index in [0.717, 1.165) is 19.3 Å². The Hall–Kier alpha value is -1.35. The van der Waals surface area contributed by atoms with E-state index in [4.69, 9.17) is 9.47 Å². The molecular weight excluding hydrogens is 204 g/mol. The first-order valence-electron chi connectivity index (χ1n) is 5.68. The number of benzene rings is 1. The highest BCUT2D eigenvalue weighted by atomic mass is 16.6. The normalized spacial score (nSPS) is 22.8. The molecule has 1 fully saturated rings. The molecule has 0 N–H and O–H groups in total. The molecule has 16 heavy (non-hydrogen) atoms. The monoisotopic (exact) mass is 220 g/mol. The summed E-state index contributed by atoms with van der Waals surface area (Å²) in [6.07, 6.45) is 2.81. The summed E-state index contributed by atoms with van der Waals surface area (Å²) in [5, 5.41) is 0. The van der Waals surface area contributed by atoms with Gasteiger partial charge in [0.05, 0.1) is 6.61 Å². The van der Waals surface area contributed by atoms with Gasteiger partial charge in [-0.1, -0.05) is 38.0 Å². The van der Waals surface area contributed by atoms with Crippen LogP contribution < -0.4 is 4.74 Å². The predicted molar refractivity (Wildman–Crippen MR) is 60.3 cm³/mol. The lowest BCUT2D eigenvalue weighted by Gasteiger charge is -2.10. The van der Waals surface area contributed by atoms with Crippen LogP contribution in [0.1, 0.15) is 26.2 Å². The minimum absolute atomic E-state index is 0.257. The number of hydrogen-bond donors (Lipinski definition) is 0. The molecule has 0 radical (unpaired) electrons. The maximum Gasteiger partial charge on any atom is 0.346 e. The molecule has 1 heterocycles. The summed E-state index contributed by atoms with van der Waals surface area (Å²) in [7, 11) is 0. The van der Waals surface area contributed by atoms with Crippen LogP contribution in [0.4, 0.5) is 0 Å². The number of carbonyl (C=O) groups is 1. The minimum atomic E-state index is -0.647. The van der Waals surface area contributed by atoms with E-state index in [1.54, 1.807) is 12.1 Å². The molecule has 0 aromatic heterocycles. The lowest BCUT2D eigenvalue weighted by atomic mass is 10.0. The number of unbranched alkanes of at least 4 members (excludes halogenated alkanes) is 1. The third-order valence-electron chi connectivity index (χ3n) is 2.75. The zero-order chi connectivity index (χ0) is 11.4. The van der Waals surface area contributed by atoms with Gasteiger partial charge in [-0.05, 0) is 18.6 Å². The summed E-state index contributed by atoms with van der Waals surface area (Å²) in [4.78, 5) is 11.9. The molecule has 3 nitrogen and oxygen atoms in total. The summed E-state index contributed by atoms with van der Waals surface area (Å²) < 4.78 is 10.5. The van der Waals surface area contributed by atoms with E-state index in [2.05, 4.69) is 6.92 Å². The van der Waals surface area contributed by atoms with Crippen LogP contribution >= 0.6 is 0 Å². The summed E-state index contributed by atoms with van der Waals surface area (Å²) >= 11 is 0. The van der Waals surface area contributed by atoms with Crippen LogP contribution in [0.5, 0.6) is 5.75 Å². The first kappa shape index (κ1) is 11.1. The fourth-order valence-corrected chi connectivity index (χ4v) is 1.60. The van der Waals surface area contributed by atoms with Gasteiger partial charge in [0.2, 0.25) is 0 Å². The van der Waals surface area contributed by atoms with E-state index in [-0.39, 0.29) is 5.97 Å². The van der Waals surface area contributed by atoms with Crippen LogP contribution in [0.15, 0.2) is 30.3 Å². The smallest absolute Gasteiger partial charge is 0.346 e. The van der Waals surface area contributed by atoms with Gasteiger partial charge in [-0.2, -0.15) is 0 Å². The van der Waals surface area contributed by atoms with E-state index in [0.29, 0.717) is 12.4 Å². The zero-order valence-electron chi connectivity index (χ0n) is 9.44. The SMILES string of the molecule is CCCCC1(C(=O)Oc2ccccc2)CO1. The largest absolute Gasteiger partial charge is 0.424 e. The molecule has 86 valence electrons. The second-order valence-corrected chi connectivity index (χ2v) is 4.09. The molecule has 1 aliphatic rings. The van der Waals surface area contributed by atoms with Gasteiger partial charge in [-0.3, -0.25) is 0 Å². The summed E-state index contributed by atoms with van der Waals surface area (Å²) in [6.45, 7) is 2.59. The van der Waals surface area contributed by atoms with Gasteiger partial charge in [-0.15, -0.1) is 0 Å². The Morgan fingerprint density at radius 2 is 2.12 bits per heavy atom. The van der Waals surface area contributed by atoms with Crippen molar-refractivity contribution in [2.45, 2.75) is 31.8 Å². The molecule has 1 aliphatic heterocycles. The van der Waals surface area contributed by atoms with Crippen molar-refractivity contribution < 1.29 is 14.3 Å². The van der Waals surface area contributed by atoms with Crippen molar-refractivity contribution in [1.29, 1.82) is 0 Å². The Bertz CT molecular complexity index is 355. The Labute approximate surface area is 95.4 Å². The van der Waals surface area contributed by atoms with Gasteiger partial charge in [0, 0.05) is 0 Å². The molecule has 1 unspecified atom stereocenters. The van der Waals surface area contributed by atoms with Gasteiger partial charge in [-0.25, -0.2) is 4.79 Å². The van der Waals surface area contributed by atoms with E-state index < -0.39 is 5.60 Å². The Balaban J connectivity index is 1.93. The van der Waals surface area contributed by atoms with Crippen molar-refractivity contribution in [3.8, 4) is 5.75 Å². The first-order chi connectivity index (χ1) is 7.77. The second kappa shape index (κ2) is 4.66. The maximum absolute atomic E-state index is 11.9. The van der Waals surface area contributed by atoms with Crippen LogP contribution in [0.25, 0.3) is 0 Å². The van der Waals surface area contributed by atoms with Gasteiger partial charge in [0.15, 0.2) is 5.60 Å². The predicted octanol–water partition coefficient (Wildman–Crippen LogP) is 2.55. The van der Waals surface area contributed by atoms with Gasteiger partial charge < -0.3 is 9.47 Å². The Morgan fingerprint density at radius 3 is 2.69 bits per heavy atom. The molecule has 0 spiro atoms. The van der Waals surface area contributed by atoms with E-state index in [9.17, 15) is 4.79 Å². The third kappa shape index (κ3) is 2.42. The maximum atomic E-state index is 11.9. The molecule has 2 rings (SSSR count). The molecule has 1 aromatic carbocycles. The summed E-state index contributed by atoms with van der Waals surface area (Å²) in [5.74, 6) is 0.325. The van der Waals surface area contributed by atoms with Crippen LogP contribution in [0, 0.1) is 0 Å². The molecule has 3 heteroatoms. The fraction of sp³-hybridized carbons (Fsp3) is 0.462. The first-order valence-corrected chi connectivity index (χ1v) is 5.68. The van der Waals surface area contributed by atoms with Crippen LogP contribution in [0.3, 0.4) is 0 Å². The molecule has 0 saturated carbocycles. The minimum Gasteiger partial charge on any atom is -0.424 e. The van der Waals surface area contributed by atoms with Crippen molar-refractivity contribution in [2.75, 3.05) is 6.61 Å². The van der Waals surface area contributed by atoms with Crippen molar-refractivity contribution in [2.24, 2.45) is 0 Å². The quantitative estimate of drug-likeness (QED) is 0.435. The van der Waals surface area contributed by atoms with Crippen molar-refractivity contribution in [1.82, 2.24) is 0 Å². The number of rotatable bonds is 5. The van der Waals surface area contributed by atoms with Gasteiger partial charge in [0.25, 0.3) is 0 Å². The van der Waals surface area contributed by atoms with Crippen LogP contribution in [-0.4, -0.2) is 18.2 Å². The molecule has 0 bridgehead atoms. The third-order valence-corrected chi connectivity index (χ3v) is 2.75. The molecular formula is C13H16O3. The lowest BCUT2D eigenvalue weighted by molar-refractivity contribution is -0.140. The Kier molecular flexibility index (Phi) is 3.25. The number of ether oxygens (including phenoxy) is 2. The van der Waals surface area contributed by atoms with Gasteiger partial charge >= 0.3 is 5.97 Å². The van der Waals surface area contributed by atoms with Crippen LogP contribution in [-0.2, 0) is 9.53 Å². The number of carbonyl (C=O) groups excluding carboxylic acids is 1. The van der Waals surface area contributed by atoms with Gasteiger partial charge in [0.1, 0.15) is 5.75 Å². The van der Waals surface area contributed by atoms with E-state index in [1.807, 2.05) is 18.2 Å². The zero-order valence-corrected chi connectivity index (χ0v) is 9.44.